The molecule has 0 fully saturated rings. The molecule has 5 heteroatoms. The summed E-state index contributed by atoms with van der Waals surface area (Å²) in [4.78, 5) is 15.5. The molecule has 2 heterocycles. The van der Waals surface area contributed by atoms with Gasteiger partial charge in [-0.05, 0) is 42.7 Å². The number of anilines is 1. The van der Waals surface area contributed by atoms with E-state index in [0.717, 1.165) is 45.4 Å². The van der Waals surface area contributed by atoms with Crippen molar-refractivity contribution in [2.75, 3.05) is 18.9 Å². The van der Waals surface area contributed by atoms with Crippen LogP contribution >= 0.6 is 22.9 Å². The van der Waals surface area contributed by atoms with Crippen LogP contribution in [0.3, 0.4) is 0 Å². The lowest BCUT2D eigenvalue weighted by atomic mass is 9.97. The molecule has 1 aromatic heterocycles. The summed E-state index contributed by atoms with van der Waals surface area (Å²) < 4.78 is 0.757. The van der Waals surface area contributed by atoms with Crippen molar-refractivity contribution in [3.63, 3.8) is 0 Å². The first-order valence-electron chi connectivity index (χ1n) is 7.00. The third-order valence-corrected chi connectivity index (χ3v) is 4.91. The molecule has 0 atom stereocenters. The van der Waals surface area contributed by atoms with E-state index in [4.69, 9.17) is 11.6 Å². The number of carbonyl (C=O) groups is 1. The number of nitrogens with one attached hydrogen (secondary N) is 1. The fraction of sp³-hybridized carbons (Fsp3) is 0.312. The van der Waals surface area contributed by atoms with E-state index in [9.17, 15) is 4.79 Å². The first-order chi connectivity index (χ1) is 10.1. The van der Waals surface area contributed by atoms with Crippen molar-refractivity contribution in [3.05, 3.63) is 50.7 Å². The van der Waals surface area contributed by atoms with Crippen LogP contribution in [0.5, 0.6) is 0 Å². The Morgan fingerprint density at radius 2 is 2.24 bits per heavy atom. The second kappa shape index (κ2) is 6.08. The number of hydrogen-bond acceptors (Lipinski definition) is 3. The normalized spacial score (nSPS) is 13.4. The standard InChI is InChI=1S/C16H17ClN2OS/c1-19(10-11-7-8-15(17)21-11)16(20)13-4-2-6-14-12(13)5-3-9-18-14/h2,4,6-8,18H,3,5,9-10H2,1H3. The predicted octanol–water partition coefficient (Wildman–Crippen LogP) is 4.03. The van der Waals surface area contributed by atoms with Crippen LogP contribution < -0.4 is 5.32 Å². The van der Waals surface area contributed by atoms with Crippen molar-refractivity contribution in [2.45, 2.75) is 19.4 Å². The monoisotopic (exact) mass is 320 g/mol. The van der Waals surface area contributed by atoms with Crippen LogP contribution in [0.25, 0.3) is 0 Å². The Morgan fingerprint density at radius 1 is 1.38 bits per heavy atom. The molecule has 3 nitrogen and oxygen atoms in total. The largest absolute Gasteiger partial charge is 0.385 e. The second-order valence-corrected chi connectivity index (χ2v) is 7.03. The number of benzene rings is 1. The Hall–Kier alpha value is -1.52. The van der Waals surface area contributed by atoms with Gasteiger partial charge in [0.05, 0.1) is 10.9 Å². The lowest BCUT2D eigenvalue weighted by Crippen LogP contribution is -2.28. The molecule has 1 amide bonds. The maximum atomic E-state index is 12.7. The number of amides is 1. The molecular formula is C16H17ClN2OS. The van der Waals surface area contributed by atoms with E-state index in [1.54, 1.807) is 4.90 Å². The molecule has 3 rings (SSSR count). The zero-order valence-corrected chi connectivity index (χ0v) is 13.4. The van der Waals surface area contributed by atoms with E-state index in [1.807, 2.05) is 37.4 Å². The van der Waals surface area contributed by atoms with Gasteiger partial charge in [0.25, 0.3) is 5.91 Å². The smallest absolute Gasteiger partial charge is 0.254 e. The van der Waals surface area contributed by atoms with Gasteiger partial charge in [0.1, 0.15) is 0 Å². The minimum Gasteiger partial charge on any atom is -0.385 e. The number of rotatable bonds is 3. The zero-order chi connectivity index (χ0) is 14.8. The topological polar surface area (TPSA) is 32.3 Å². The summed E-state index contributed by atoms with van der Waals surface area (Å²) in [7, 11) is 1.84. The van der Waals surface area contributed by atoms with Crippen molar-refractivity contribution >= 4 is 34.5 Å². The highest BCUT2D eigenvalue weighted by atomic mass is 35.5. The average Bonchev–Trinajstić information content (AvgIpc) is 2.91. The summed E-state index contributed by atoms with van der Waals surface area (Å²) in [5.74, 6) is 0.0695. The third-order valence-electron chi connectivity index (χ3n) is 3.69. The Bertz CT molecular complexity index is 668. The molecule has 0 spiro atoms. The quantitative estimate of drug-likeness (QED) is 0.926. The molecule has 1 aromatic carbocycles. The number of halogens is 1. The highest BCUT2D eigenvalue weighted by Crippen LogP contribution is 2.27. The van der Waals surface area contributed by atoms with Crippen LogP contribution in [0.15, 0.2) is 30.3 Å². The average molecular weight is 321 g/mol. The molecule has 1 aliphatic rings. The molecule has 0 aliphatic carbocycles. The summed E-state index contributed by atoms with van der Waals surface area (Å²) in [6.45, 7) is 1.57. The van der Waals surface area contributed by atoms with Crippen molar-refractivity contribution < 1.29 is 4.79 Å². The maximum Gasteiger partial charge on any atom is 0.254 e. The molecular weight excluding hydrogens is 304 g/mol. The van der Waals surface area contributed by atoms with Crippen LogP contribution in [0.1, 0.15) is 27.2 Å². The Balaban J connectivity index is 1.81. The van der Waals surface area contributed by atoms with Crippen molar-refractivity contribution in [1.29, 1.82) is 0 Å². The summed E-state index contributed by atoms with van der Waals surface area (Å²) in [6, 6.07) is 9.75. The number of thiophene rings is 1. The molecule has 1 aliphatic heterocycles. The minimum absolute atomic E-state index is 0.0695. The molecule has 110 valence electrons. The number of nitrogens with zero attached hydrogens (tertiary/aromatic N) is 1. The first-order valence-corrected chi connectivity index (χ1v) is 8.20. The summed E-state index contributed by atoms with van der Waals surface area (Å²) in [6.07, 6.45) is 2.03. The summed E-state index contributed by atoms with van der Waals surface area (Å²) >= 11 is 7.46. The Labute approximate surface area is 133 Å². The third kappa shape index (κ3) is 3.06. The molecule has 0 saturated heterocycles. The molecule has 0 bridgehead atoms. The molecule has 0 saturated carbocycles. The Kier molecular flexibility index (Phi) is 4.17. The SMILES string of the molecule is CN(Cc1ccc(Cl)s1)C(=O)c1cccc2c1CCCN2. The van der Waals surface area contributed by atoms with Gasteiger partial charge < -0.3 is 10.2 Å². The van der Waals surface area contributed by atoms with Gasteiger partial charge in [-0.15, -0.1) is 11.3 Å². The van der Waals surface area contributed by atoms with Crippen molar-refractivity contribution in [1.82, 2.24) is 4.90 Å². The minimum atomic E-state index is 0.0695. The van der Waals surface area contributed by atoms with E-state index >= 15 is 0 Å². The van der Waals surface area contributed by atoms with Crippen molar-refractivity contribution in [3.8, 4) is 0 Å². The predicted molar refractivity (Wildman–Crippen MR) is 88.4 cm³/mol. The first kappa shape index (κ1) is 14.4. The molecule has 0 radical (unpaired) electrons. The highest BCUT2D eigenvalue weighted by Gasteiger charge is 2.20. The second-order valence-electron chi connectivity index (χ2n) is 5.23. The van der Waals surface area contributed by atoms with Gasteiger partial charge in [0.15, 0.2) is 0 Å². The molecule has 21 heavy (non-hydrogen) atoms. The molecule has 0 unspecified atom stereocenters. The van der Waals surface area contributed by atoms with E-state index in [-0.39, 0.29) is 5.91 Å². The fourth-order valence-electron chi connectivity index (χ4n) is 2.66. The molecule has 1 N–H and O–H groups in total. The van der Waals surface area contributed by atoms with E-state index < -0.39 is 0 Å². The maximum absolute atomic E-state index is 12.7. The summed E-state index contributed by atoms with van der Waals surface area (Å²) in [5, 5.41) is 3.36. The van der Waals surface area contributed by atoms with E-state index in [1.165, 1.54) is 11.3 Å². The van der Waals surface area contributed by atoms with Gasteiger partial charge >= 0.3 is 0 Å². The summed E-state index contributed by atoms with van der Waals surface area (Å²) in [5.41, 5.74) is 3.05. The number of carbonyl (C=O) groups excluding carboxylic acids is 1. The van der Waals surface area contributed by atoms with Crippen LogP contribution in [0.2, 0.25) is 4.34 Å². The lowest BCUT2D eigenvalue weighted by molar-refractivity contribution is 0.0785. The van der Waals surface area contributed by atoms with Crippen molar-refractivity contribution in [2.24, 2.45) is 0 Å². The van der Waals surface area contributed by atoms with E-state index in [0.29, 0.717) is 6.54 Å². The van der Waals surface area contributed by atoms with Crippen LogP contribution in [0.4, 0.5) is 5.69 Å². The van der Waals surface area contributed by atoms with Crippen LogP contribution in [0, 0.1) is 0 Å². The lowest BCUT2D eigenvalue weighted by Gasteiger charge is -2.23. The van der Waals surface area contributed by atoms with Gasteiger partial charge in [-0.1, -0.05) is 17.7 Å². The zero-order valence-electron chi connectivity index (χ0n) is 11.9. The number of fused-ring (bicyclic) bond motifs is 1. The van der Waals surface area contributed by atoms with Gasteiger partial charge in [0, 0.05) is 29.7 Å². The Morgan fingerprint density at radius 3 is 3.00 bits per heavy atom. The van der Waals surface area contributed by atoms with Gasteiger partial charge in [-0.3, -0.25) is 4.79 Å². The van der Waals surface area contributed by atoms with E-state index in [2.05, 4.69) is 5.32 Å². The fourth-order valence-corrected chi connectivity index (χ4v) is 3.80. The van der Waals surface area contributed by atoms with Gasteiger partial charge in [-0.25, -0.2) is 0 Å². The van der Waals surface area contributed by atoms with Gasteiger partial charge in [0.2, 0.25) is 0 Å². The molecule has 2 aromatic rings. The highest BCUT2D eigenvalue weighted by molar-refractivity contribution is 7.16. The number of hydrogen-bond donors (Lipinski definition) is 1. The van der Waals surface area contributed by atoms with Crippen LogP contribution in [-0.2, 0) is 13.0 Å². The van der Waals surface area contributed by atoms with Gasteiger partial charge in [-0.2, -0.15) is 0 Å². The van der Waals surface area contributed by atoms with Crippen LogP contribution in [-0.4, -0.2) is 24.4 Å².